The molecule has 1 heterocycles. The highest BCUT2D eigenvalue weighted by Gasteiger charge is 2.55. The molecule has 4 nitrogen and oxygen atoms in total. The quantitative estimate of drug-likeness (QED) is 0.596. The third-order valence-corrected chi connectivity index (χ3v) is 6.55. The van der Waals surface area contributed by atoms with Crippen molar-refractivity contribution in [1.82, 2.24) is 10.2 Å². The number of likely N-dealkylation sites (tertiary alicyclic amines) is 1. The third-order valence-electron chi connectivity index (χ3n) is 6.55. The molecule has 0 aromatic heterocycles. The minimum Gasteiger partial charge on any atom is -0.406 e. The maximum atomic E-state index is 12.4. The van der Waals surface area contributed by atoms with Gasteiger partial charge in [0.2, 0.25) is 0 Å². The molecule has 166 valence electrons. The van der Waals surface area contributed by atoms with Crippen molar-refractivity contribution in [3.05, 3.63) is 77.9 Å². The number of amides is 1. The molecule has 0 radical (unpaired) electrons. The Balaban J connectivity index is 1.12. The molecule has 0 spiro atoms. The molecule has 1 amide bonds. The average Bonchev–Trinajstić information content (AvgIpc) is 3.21. The summed E-state index contributed by atoms with van der Waals surface area (Å²) < 4.78 is 41.1. The summed E-state index contributed by atoms with van der Waals surface area (Å²) in [6.07, 6.45) is -4.78. The van der Waals surface area contributed by atoms with Crippen molar-refractivity contribution >= 4 is 16.7 Å². The monoisotopic (exact) mass is 440 g/mol. The van der Waals surface area contributed by atoms with E-state index in [1.807, 2.05) is 0 Å². The maximum absolute atomic E-state index is 12.4. The molecule has 7 heteroatoms. The number of hydrogen-bond acceptors (Lipinski definition) is 3. The molecule has 0 bridgehead atoms. The fraction of sp³-hybridized carbons (Fsp3) is 0.320. The average molecular weight is 440 g/mol. The van der Waals surface area contributed by atoms with Gasteiger partial charge in [0, 0.05) is 31.7 Å². The second-order valence-electron chi connectivity index (χ2n) is 8.61. The molecule has 5 rings (SSSR count). The number of fused-ring (bicyclic) bond motifs is 2. The van der Waals surface area contributed by atoms with Crippen molar-refractivity contribution in [3.63, 3.8) is 0 Å². The first-order valence-electron chi connectivity index (χ1n) is 10.7. The largest absolute Gasteiger partial charge is 0.573 e. The molecule has 1 aliphatic heterocycles. The van der Waals surface area contributed by atoms with Gasteiger partial charge >= 0.3 is 6.36 Å². The Hall–Kier alpha value is -3.06. The first kappa shape index (κ1) is 20.8. The van der Waals surface area contributed by atoms with Gasteiger partial charge in [-0.2, -0.15) is 0 Å². The van der Waals surface area contributed by atoms with Crippen LogP contribution in [0.1, 0.15) is 15.9 Å². The Morgan fingerprint density at radius 3 is 2.50 bits per heavy atom. The number of carbonyl (C=O) groups excluding carboxylic acids is 1. The van der Waals surface area contributed by atoms with Gasteiger partial charge in [0.25, 0.3) is 5.91 Å². The number of rotatable bonds is 6. The zero-order valence-corrected chi connectivity index (χ0v) is 17.3. The number of ether oxygens (including phenoxy) is 1. The normalized spacial score (nSPS) is 22.5. The summed E-state index contributed by atoms with van der Waals surface area (Å²) in [5, 5.41) is 5.41. The molecular formula is C25H23F3N2O2. The van der Waals surface area contributed by atoms with E-state index in [0.29, 0.717) is 24.3 Å². The van der Waals surface area contributed by atoms with Crippen molar-refractivity contribution in [1.29, 1.82) is 0 Å². The van der Waals surface area contributed by atoms with Crippen LogP contribution in [0, 0.1) is 17.8 Å². The van der Waals surface area contributed by atoms with Gasteiger partial charge < -0.3 is 10.1 Å². The number of nitrogens with one attached hydrogen (secondary N) is 1. The molecule has 3 aromatic carbocycles. The molecule has 2 fully saturated rings. The van der Waals surface area contributed by atoms with Gasteiger partial charge in [-0.05, 0) is 52.3 Å². The first-order chi connectivity index (χ1) is 15.4. The minimum atomic E-state index is -4.78. The minimum absolute atomic E-state index is 0.162. The lowest BCUT2D eigenvalue weighted by Gasteiger charge is -2.20. The number of piperidine rings is 1. The SMILES string of the molecule is O=C(NCC1C2CN(Cc3cccc4ccccc34)CC12)c1cccc(OC(F)(F)F)c1. The number of halogens is 3. The Morgan fingerprint density at radius 2 is 1.72 bits per heavy atom. The van der Waals surface area contributed by atoms with Gasteiger partial charge in [-0.25, -0.2) is 0 Å². The van der Waals surface area contributed by atoms with Gasteiger partial charge in [0.15, 0.2) is 0 Å². The summed E-state index contributed by atoms with van der Waals surface area (Å²) in [6.45, 7) is 3.47. The Bertz CT molecular complexity index is 1130. The van der Waals surface area contributed by atoms with Crippen molar-refractivity contribution in [2.24, 2.45) is 17.8 Å². The predicted molar refractivity (Wildman–Crippen MR) is 115 cm³/mol. The van der Waals surface area contributed by atoms with E-state index in [4.69, 9.17) is 0 Å². The fourth-order valence-corrected chi connectivity index (χ4v) is 4.99. The van der Waals surface area contributed by atoms with Crippen LogP contribution in [0.5, 0.6) is 5.75 Å². The van der Waals surface area contributed by atoms with Crippen LogP contribution in [0.15, 0.2) is 66.7 Å². The molecule has 2 aliphatic rings. The van der Waals surface area contributed by atoms with Crippen molar-refractivity contribution in [3.8, 4) is 5.75 Å². The van der Waals surface area contributed by atoms with Gasteiger partial charge in [0.1, 0.15) is 5.75 Å². The van der Waals surface area contributed by atoms with Gasteiger partial charge in [-0.1, -0.05) is 48.5 Å². The summed E-state index contributed by atoms with van der Waals surface area (Å²) in [7, 11) is 0. The smallest absolute Gasteiger partial charge is 0.406 e. The summed E-state index contributed by atoms with van der Waals surface area (Å²) in [5.41, 5.74) is 1.49. The summed E-state index contributed by atoms with van der Waals surface area (Å²) in [4.78, 5) is 14.9. The van der Waals surface area contributed by atoms with Gasteiger partial charge in [-0.3, -0.25) is 9.69 Å². The van der Waals surface area contributed by atoms with Crippen LogP contribution < -0.4 is 10.1 Å². The lowest BCUT2D eigenvalue weighted by Crippen LogP contribution is -2.30. The predicted octanol–water partition coefficient (Wildman–Crippen LogP) is 4.85. The summed E-state index contributed by atoms with van der Waals surface area (Å²) >= 11 is 0. The van der Waals surface area contributed by atoms with Crippen LogP contribution in [-0.4, -0.2) is 36.8 Å². The van der Waals surface area contributed by atoms with E-state index in [1.165, 1.54) is 34.5 Å². The molecule has 1 aliphatic carbocycles. The number of hydrogen-bond donors (Lipinski definition) is 1. The highest BCUT2D eigenvalue weighted by molar-refractivity contribution is 5.94. The first-order valence-corrected chi connectivity index (χ1v) is 10.7. The standard InChI is InChI=1S/C25H23F3N2O2/c26-25(27,28)32-19-9-4-7-17(11-19)24(31)29-12-21-22-14-30(15-23(21)22)13-18-8-3-6-16-5-1-2-10-20(16)18/h1-11,21-23H,12-15H2,(H,29,31). The van der Waals surface area contributed by atoms with E-state index in [-0.39, 0.29) is 11.5 Å². The van der Waals surface area contributed by atoms with E-state index in [9.17, 15) is 18.0 Å². The van der Waals surface area contributed by atoms with Gasteiger partial charge in [-0.15, -0.1) is 13.2 Å². The van der Waals surface area contributed by atoms with Crippen LogP contribution in [0.3, 0.4) is 0 Å². The Labute approximate surface area is 184 Å². The molecular weight excluding hydrogens is 417 g/mol. The second kappa shape index (κ2) is 8.13. The van der Waals surface area contributed by atoms with E-state index < -0.39 is 12.1 Å². The third kappa shape index (κ3) is 4.43. The summed E-state index contributed by atoms with van der Waals surface area (Å²) in [6, 6.07) is 20.0. The zero-order valence-electron chi connectivity index (χ0n) is 17.3. The number of carbonyl (C=O) groups is 1. The van der Waals surface area contributed by atoms with Crippen LogP contribution in [-0.2, 0) is 6.54 Å². The number of alkyl halides is 3. The Morgan fingerprint density at radius 1 is 1.00 bits per heavy atom. The zero-order chi connectivity index (χ0) is 22.3. The van der Waals surface area contributed by atoms with Crippen molar-refractivity contribution < 1.29 is 22.7 Å². The van der Waals surface area contributed by atoms with E-state index in [1.54, 1.807) is 0 Å². The topological polar surface area (TPSA) is 41.6 Å². The van der Waals surface area contributed by atoms with E-state index in [2.05, 4.69) is 57.4 Å². The molecule has 2 atom stereocenters. The van der Waals surface area contributed by atoms with Crippen molar-refractivity contribution in [2.75, 3.05) is 19.6 Å². The number of benzene rings is 3. The van der Waals surface area contributed by atoms with Crippen LogP contribution >= 0.6 is 0 Å². The molecule has 1 N–H and O–H groups in total. The fourth-order valence-electron chi connectivity index (χ4n) is 4.99. The molecule has 3 aromatic rings. The Kier molecular flexibility index (Phi) is 5.29. The molecule has 1 saturated carbocycles. The molecule has 32 heavy (non-hydrogen) atoms. The van der Waals surface area contributed by atoms with Crippen LogP contribution in [0.25, 0.3) is 10.8 Å². The lowest BCUT2D eigenvalue weighted by molar-refractivity contribution is -0.274. The molecule has 2 unspecified atom stereocenters. The maximum Gasteiger partial charge on any atom is 0.573 e. The second-order valence-corrected chi connectivity index (χ2v) is 8.61. The van der Waals surface area contributed by atoms with E-state index in [0.717, 1.165) is 25.7 Å². The van der Waals surface area contributed by atoms with Crippen LogP contribution in [0.2, 0.25) is 0 Å². The van der Waals surface area contributed by atoms with Crippen molar-refractivity contribution in [2.45, 2.75) is 12.9 Å². The lowest BCUT2D eigenvalue weighted by atomic mass is 10.0. The van der Waals surface area contributed by atoms with Gasteiger partial charge in [0.05, 0.1) is 0 Å². The number of nitrogens with zero attached hydrogens (tertiary/aromatic N) is 1. The highest BCUT2D eigenvalue weighted by Crippen LogP contribution is 2.51. The summed E-state index contributed by atoms with van der Waals surface area (Å²) in [5.74, 6) is 0.778. The van der Waals surface area contributed by atoms with Crippen LogP contribution in [0.4, 0.5) is 13.2 Å². The van der Waals surface area contributed by atoms with E-state index >= 15 is 0 Å². The highest BCUT2D eigenvalue weighted by atomic mass is 19.4. The molecule has 1 saturated heterocycles.